The minimum Gasteiger partial charge on any atom is -0.254 e. The summed E-state index contributed by atoms with van der Waals surface area (Å²) in [4.78, 5) is 3.80. The third kappa shape index (κ3) is 1.89. The molecule has 12 heavy (non-hydrogen) atoms. The number of pyridine rings is 1. The predicted octanol–water partition coefficient (Wildman–Crippen LogP) is 2.15. The van der Waals surface area contributed by atoms with Gasteiger partial charge in [0.25, 0.3) is 0 Å². The van der Waals surface area contributed by atoms with Crippen molar-refractivity contribution in [1.29, 1.82) is 5.26 Å². The fourth-order valence-corrected chi connectivity index (χ4v) is 0.780. The van der Waals surface area contributed by atoms with Gasteiger partial charge < -0.3 is 0 Å². The van der Waals surface area contributed by atoms with Crippen LogP contribution in [0, 0.1) is 17.1 Å². The average Bonchev–Trinajstić information content (AvgIpc) is 2.06. The van der Waals surface area contributed by atoms with E-state index in [0.717, 1.165) is 11.8 Å². The zero-order chi connectivity index (χ0) is 8.97. The Bertz CT molecular complexity index is 333. The Morgan fingerprint density at radius 2 is 2.42 bits per heavy atom. The molecule has 0 bridgehead atoms. The molecule has 0 saturated carbocycles. The largest absolute Gasteiger partial charge is 0.254 e. The maximum absolute atomic E-state index is 12.4. The molecule has 3 heteroatoms. The molecule has 1 heterocycles. The molecular weight excluding hydrogens is 155 g/mol. The summed E-state index contributed by atoms with van der Waals surface area (Å²) in [5.74, 6) is -0.372. The molecule has 0 aliphatic heterocycles. The SMILES string of the molecule is C/C(=C/C#N)c1ccc(F)cn1. The quantitative estimate of drug-likeness (QED) is 0.593. The Kier molecular flexibility index (Phi) is 2.54. The lowest BCUT2D eigenvalue weighted by Crippen LogP contribution is -1.85. The van der Waals surface area contributed by atoms with Gasteiger partial charge in [0.15, 0.2) is 0 Å². The smallest absolute Gasteiger partial charge is 0.141 e. The van der Waals surface area contributed by atoms with Gasteiger partial charge in [0.1, 0.15) is 5.82 Å². The van der Waals surface area contributed by atoms with E-state index in [1.807, 2.05) is 6.07 Å². The van der Waals surface area contributed by atoms with Crippen LogP contribution in [0.3, 0.4) is 0 Å². The molecule has 0 fully saturated rings. The highest BCUT2D eigenvalue weighted by atomic mass is 19.1. The van der Waals surface area contributed by atoms with Crippen LogP contribution in [0.1, 0.15) is 12.6 Å². The Balaban J connectivity index is 2.99. The lowest BCUT2D eigenvalue weighted by molar-refractivity contribution is 0.621. The van der Waals surface area contributed by atoms with E-state index in [1.54, 1.807) is 13.0 Å². The zero-order valence-electron chi connectivity index (χ0n) is 6.58. The number of hydrogen-bond donors (Lipinski definition) is 0. The molecule has 0 aliphatic rings. The van der Waals surface area contributed by atoms with Gasteiger partial charge in [0, 0.05) is 6.08 Å². The van der Waals surface area contributed by atoms with Gasteiger partial charge in [0.2, 0.25) is 0 Å². The third-order valence-corrected chi connectivity index (χ3v) is 1.41. The monoisotopic (exact) mass is 162 g/mol. The summed E-state index contributed by atoms with van der Waals surface area (Å²) in [6, 6.07) is 4.74. The average molecular weight is 162 g/mol. The number of allylic oxidation sites excluding steroid dienone is 2. The van der Waals surface area contributed by atoms with Crippen LogP contribution >= 0.6 is 0 Å². The molecule has 0 unspecified atom stereocenters. The summed E-state index contributed by atoms with van der Waals surface area (Å²) in [6.45, 7) is 1.75. The van der Waals surface area contributed by atoms with Crippen molar-refractivity contribution in [1.82, 2.24) is 4.98 Å². The topological polar surface area (TPSA) is 36.7 Å². The summed E-state index contributed by atoms with van der Waals surface area (Å²) in [7, 11) is 0. The minimum atomic E-state index is -0.372. The summed E-state index contributed by atoms with van der Waals surface area (Å²) < 4.78 is 12.4. The lowest BCUT2D eigenvalue weighted by Gasteiger charge is -1.96. The molecule has 1 aromatic rings. The van der Waals surface area contributed by atoms with Gasteiger partial charge in [-0.2, -0.15) is 5.26 Å². The highest BCUT2D eigenvalue weighted by Crippen LogP contribution is 2.09. The first-order chi connectivity index (χ1) is 5.74. The Morgan fingerprint density at radius 3 is 2.92 bits per heavy atom. The van der Waals surface area contributed by atoms with Crippen molar-refractivity contribution in [3.05, 3.63) is 35.9 Å². The third-order valence-electron chi connectivity index (χ3n) is 1.41. The van der Waals surface area contributed by atoms with Gasteiger partial charge in [-0.05, 0) is 24.6 Å². The first kappa shape index (κ1) is 8.41. The van der Waals surface area contributed by atoms with Crippen molar-refractivity contribution in [2.24, 2.45) is 0 Å². The first-order valence-electron chi connectivity index (χ1n) is 3.42. The van der Waals surface area contributed by atoms with E-state index in [9.17, 15) is 4.39 Å². The molecule has 0 aliphatic carbocycles. The second-order valence-corrected chi connectivity index (χ2v) is 2.32. The van der Waals surface area contributed by atoms with Crippen molar-refractivity contribution in [2.45, 2.75) is 6.92 Å². The minimum absolute atomic E-state index is 0.372. The summed E-state index contributed by atoms with van der Waals surface area (Å²) >= 11 is 0. The van der Waals surface area contributed by atoms with E-state index in [1.165, 1.54) is 12.1 Å². The second kappa shape index (κ2) is 3.63. The highest BCUT2D eigenvalue weighted by Gasteiger charge is 1.96. The Hall–Kier alpha value is -1.69. The van der Waals surface area contributed by atoms with Gasteiger partial charge in [-0.3, -0.25) is 4.98 Å². The number of nitrogens with zero attached hydrogens (tertiary/aromatic N) is 2. The Labute approximate surface area is 70.0 Å². The fraction of sp³-hybridized carbons (Fsp3) is 0.111. The van der Waals surface area contributed by atoms with Gasteiger partial charge in [-0.15, -0.1) is 0 Å². The summed E-state index contributed by atoms with van der Waals surface area (Å²) in [5, 5.41) is 8.32. The number of hydrogen-bond acceptors (Lipinski definition) is 2. The molecule has 0 aromatic carbocycles. The van der Waals surface area contributed by atoms with Crippen LogP contribution in [0.15, 0.2) is 24.4 Å². The normalized spacial score (nSPS) is 10.9. The molecule has 0 radical (unpaired) electrons. The van der Waals surface area contributed by atoms with Crippen molar-refractivity contribution < 1.29 is 4.39 Å². The molecule has 1 aromatic heterocycles. The molecule has 60 valence electrons. The van der Waals surface area contributed by atoms with E-state index in [2.05, 4.69) is 4.98 Å². The summed E-state index contributed by atoms with van der Waals surface area (Å²) in [6.07, 6.45) is 2.50. The van der Waals surface area contributed by atoms with Gasteiger partial charge >= 0.3 is 0 Å². The highest BCUT2D eigenvalue weighted by molar-refractivity contribution is 5.62. The predicted molar refractivity (Wildman–Crippen MR) is 43.5 cm³/mol. The van der Waals surface area contributed by atoms with Crippen LogP contribution < -0.4 is 0 Å². The van der Waals surface area contributed by atoms with Crippen LogP contribution in [0.5, 0.6) is 0 Å². The van der Waals surface area contributed by atoms with E-state index >= 15 is 0 Å². The van der Waals surface area contributed by atoms with Crippen molar-refractivity contribution in [3.63, 3.8) is 0 Å². The zero-order valence-corrected chi connectivity index (χ0v) is 6.58. The number of nitriles is 1. The molecule has 0 amide bonds. The van der Waals surface area contributed by atoms with Crippen LogP contribution in [-0.2, 0) is 0 Å². The lowest BCUT2D eigenvalue weighted by atomic mass is 10.2. The van der Waals surface area contributed by atoms with Crippen molar-refractivity contribution >= 4 is 5.57 Å². The molecule has 0 spiro atoms. The van der Waals surface area contributed by atoms with Gasteiger partial charge in [0.05, 0.1) is 18.0 Å². The maximum atomic E-state index is 12.4. The fourth-order valence-electron chi connectivity index (χ4n) is 0.780. The second-order valence-electron chi connectivity index (χ2n) is 2.32. The van der Waals surface area contributed by atoms with E-state index in [4.69, 9.17) is 5.26 Å². The first-order valence-corrected chi connectivity index (χ1v) is 3.42. The van der Waals surface area contributed by atoms with Crippen LogP contribution in [-0.4, -0.2) is 4.98 Å². The molecule has 0 atom stereocenters. The Morgan fingerprint density at radius 1 is 1.67 bits per heavy atom. The molecule has 0 saturated heterocycles. The standard InChI is InChI=1S/C9H7FN2/c1-7(4-5-11)9-3-2-8(10)6-12-9/h2-4,6H,1H3/b7-4-. The van der Waals surface area contributed by atoms with Crippen LogP contribution in [0.25, 0.3) is 5.57 Å². The molecule has 1 rings (SSSR count). The number of aromatic nitrogens is 1. The molecule has 2 nitrogen and oxygen atoms in total. The van der Waals surface area contributed by atoms with Crippen LogP contribution in [0.4, 0.5) is 4.39 Å². The summed E-state index contributed by atoms with van der Waals surface area (Å²) in [5.41, 5.74) is 1.36. The van der Waals surface area contributed by atoms with Crippen LogP contribution in [0.2, 0.25) is 0 Å². The van der Waals surface area contributed by atoms with Crippen molar-refractivity contribution in [2.75, 3.05) is 0 Å². The van der Waals surface area contributed by atoms with Gasteiger partial charge in [-0.25, -0.2) is 4.39 Å². The van der Waals surface area contributed by atoms with E-state index < -0.39 is 0 Å². The number of halogens is 1. The molecule has 0 N–H and O–H groups in total. The van der Waals surface area contributed by atoms with Crippen molar-refractivity contribution in [3.8, 4) is 6.07 Å². The maximum Gasteiger partial charge on any atom is 0.141 e. The number of rotatable bonds is 1. The van der Waals surface area contributed by atoms with E-state index in [-0.39, 0.29) is 5.82 Å². The van der Waals surface area contributed by atoms with E-state index in [0.29, 0.717) is 5.69 Å². The van der Waals surface area contributed by atoms with Gasteiger partial charge in [-0.1, -0.05) is 0 Å². The molecular formula is C9H7FN2.